The summed E-state index contributed by atoms with van der Waals surface area (Å²) in [5, 5.41) is 10.3. The number of benzene rings is 1. The van der Waals surface area contributed by atoms with Crippen LogP contribution in [0.2, 0.25) is 5.02 Å². The molecular weight excluding hydrogens is 336 g/mol. The lowest BCUT2D eigenvalue weighted by atomic mass is 10.2. The molecule has 0 aliphatic rings. The predicted octanol–water partition coefficient (Wildman–Crippen LogP) is 2.87. The van der Waals surface area contributed by atoms with Gasteiger partial charge in [-0.15, -0.1) is 0 Å². The zero-order valence-electron chi connectivity index (χ0n) is 13.3. The Morgan fingerprint density at radius 1 is 1.12 bits per heavy atom. The number of hydrogen-bond donors (Lipinski definition) is 1. The van der Waals surface area contributed by atoms with E-state index < -0.39 is 12.1 Å². The van der Waals surface area contributed by atoms with Crippen molar-refractivity contribution in [1.82, 2.24) is 0 Å². The number of unbranched alkanes of at least 4 members (excludes halogenated alkanes) is 1. The maximum absolute atomic E-state index is 11.5. The number of ether oxygens (including phenoxy) is 3. The lowest BCUT2D eigenvalue weighted by molar-refractivity contribution is -0.147. The number of aliphatic hydroxyl groups excluding tert-OH is 1. The van der Waals surface area contributed by atoms with E-state index in [9.17, 15) is 14.7 Å². The Hall–Kier alpha value is -2.05. The first kappa shape index (κ1) is 20.0. The Morgan fingerprint density at radius 3 is 2.38 bits per heavy atom. The monoisotopic (exact) mass is 356 g/mol. The quantitative estimate of drug-likeness (QED) is 0.373. The Kier molecular flexibility index (Phi) is 9.56. The molecule has 1 aromatic carbocycles. The number of carbonyl (C=O) groups is 2. The fourth-order valence-corrected chi connectivity index (χ4v) is 1.85. The number of aliphatic hydroxyl groups is 1. The van der Waals surface area contributed by atoms with Gasteiger partial charge in [0.15, 0.2) is 0 Å². The average molecular weight is 357 g/mol. The van der Waals surface area contributed by atoms with Crippen LogP contribution in [0.1, 0.15) is 25.7 Å². The molecule has 0 saturated carbocycles. The average Bonchev–Trinajstić information content (AvgIpc) is 2.56. The summed E-state index contributed by atoms with van der Waals surface area (Å²) < 4.78 is 14.8. The van der Waals surface area contributed by atoms with Crippen LogP contribution in [0, 0.1) is 0 Å². The third-order valence-corrected chi connectivity index (χ3v) is 3.17. The van der Waals surface area contributed by atoms with Crippen molar-refractivity contribution in [3.63, 3.8) is 0 Å². The fraction of sp³-hybridized carbons (Fsp3) is 0.412. The van der Waals surface area contributed by atoms with Gasteiger partial charge in [0.25, 0.3) is 0 Å². The number of carbonyl (C=O) groups excluding carboxylic acids is 2. The number of halogens is 1. The van der Waals surface area contributed by atoms with Crippen LogP contribution < -0.4 is 4.74 Å². The molecule has 0 radical (unpaired) electrons. The van der Waals surface area contributed by atoms with E-state index in [0.717, 1.165) is 6.26 Å². The Bertz CT molecular complexity index is 528. The van der Waals surface area contributed by atoms with Gasteiger partial charge < -0.3 is 19.3 Å². The molecule has 7 heteroatoms. The summed E-state index contributed by atoms with van der Waals surface area (Å²) in [6.07, 6.45) is 1.56. The van der Waals surface area contributed by atoms with Gasteiger partial charge in [-0.2, -0.15) is 0 Å². The highest BCUT2D eigenvalue weighted by molar-refractivity contribution is 6.30. The molecule has 1 aromatic rings. The van der Waals surface area contributed by atoms with Gasteiger partial charge in [-0.25, -0.2) is 0 Å². The molecule has 1 rings (SSSR count). The summed E-state index contributed by atoms with van der Waals surface area (Å²) in [5.41, 5.74) is 0. The molecule has 132 valence electrons. The topological polar surface area (TPSA) is 82.1 Å². The molecule has 0 aliphatic heterocycles. The van der Waals surface area contributed by atoms with E-state index in [4.69, 9.17) is 21.1 Å². The third-order valence-electron chi connectivity index (χ3n) is 2.92. The van der Waals surface area contributed by atoms with Gasteiger partial charge in [-0.3, -0.25) is 9.59 Å². The first-order valence-corrected chi connectivity index (χ1v) is 7.91. The standard InChI is InChI=1S/C17H21ClO6/c1-2-22-16(20)5-3-4-6-17(21)24-12-14(19)11-23-15-9-7-13(18)8-10-15/h2,7-10,14,19H,1,3-6,11-12H2. The van der Waals surface area contributed by atoms with Crippen molar-refractivity contribution in [3.8, 4) is 5.75 Å². The summed E-state index contributed by atoms with van der Waals surface area (Å²) in [7, 11) is 0. The van der Waals surface area contributed by atoms with E-state index in [-0.39, 0.29) is 32.0 Å². The minimum absolute atomic E-state index is 0.00229. The molecule has 0 bridgehead atoms. The SMILES string of the molecule is C=COC(=O)CCCCC(=O)OCC(O)COc1ccc(Cl)cc1. The molecule has 1 atom stereocenters. The van der Waals surface area contributed by atoms with Gasteiger partial charge in [0, 0.05) is 17.9 Å². The van der Waals surface area contributed by atoms with Gasteiger partial charge in [0.2, 0.25) is 0 Å². The van der Waals surface area contributed by atoms with Crippen LogP contribution in [-0.4, -0.2) is 36.4 Å². The van der Waals surface area contributed by atoms with E-state index in [1.165, 1.54) is 0 Å². The molecule has 0 fully saturated rings. The van der Waals surface area contributed by atoms with E-state index in [0.29, 0.717) is 23.6 Å². The fourth-order valence-electron chi connectivity index (χ4n) is 1.72. The van der Waals surface area contributed by atoms with Gasteiger partial charge in [0.1, 0.15) is 25.1 Å². The highest BCUT2D eigenvalue weighted by Gasteiger charge is 2.10. The van der Waals surface area contributed by atoms with Crippen LogP contribution in [0.25, 0.3) is 0 Å². The Labute approximate surface area is 146 Å². The van der Waals surface area contributed by atoms with Crippen LogP contribution in [0.5, 0.6) is 5.75 Å². The van der Waals surface area contributed by atoms with Crippen LogP contribution in [-0.2, 0) is 19.1 Å². The third kappa shape index (κ3) is 9.17. The molecule has 1 N–H and O–H groups in total. The van der Waals surface area contributed by atoms with Gasteiger partial charge in [-0.1, -0.05) is 18.2 Å². The molecule has 0 saturated heterocycles. The normalized spacial score (nSPS) is 11.4. The van der Waals surface area contributed by atoms with Crippen LogP contribution >= 0.6 is 11.6 Å². The predicted molar refractivity (Wildman–Crippen MR) is 88.7 cm³/mol. The van der Waals surface area contributed by atoms with E-state index in [1.807, 2.05) is 0 Å². The number of rotatable bonds is 11. The van der Waals surface area contributed by atoms with Crippen molar-refractivity contribution in [1.29, 1.82) is 0 Å². The minimum atomic E-state index is -0.924. The molecule has 0 aliphatic carbocycles. The Balaban J connectivity index is 2.09. The molecule has 0 spiro atoms. The molecule has 24 heavy (non-hydrogen) atoms. The molecular formula is C17H21ClO6. The highest BCUT2D eigenvalue weighted by Crippen LogP contribution is 2.15. The number of esters is 2. The summed E-state index contributed by atoms with van der Waals surface area (Å²) in [5.74, 6) is -0.248. The van der Waals surface area contributed by atoms with Crippen molar-refractivity contribution < 1.29 is 28.9 Å². The van der Waals surface area contributed by atoms with E-state index in [2.05, 4.69) is 11.3 Å². The molecule has 0 amide bonds. The summed E-state index contributed by atoms with van der Waals surface area (Å²) in [4.78, 5) is 22.6. The summed E-state index contributed by atoms with van der Waals surface area (Å²) in [6, 6.07) is 6.71. The second-order valence-electron chi connectivity index (χ2n) is 4.97. The van der Waals surface area contributed by atoms with Crippen molar-refractivity contribution in [2.75, 3.05) is 13.2 Å². The van der Waals surface area contributed by atoms with E-state index >= 15 is 0 Å². The second kappa shape index (κ2) is 11.5. The van der Waals surface area contributed by atoms with Gasteiger partial charge >= 0.3 is 11.9 Å². The smallest absolute Gasteiger partial charge is 0.310 e. The highest BCUT2D eigenvalue weighted by atomic mass is 35.5. The first-order chi connectivity index (χ1) is 11.5. The molecule has 6 nitrogen and oxygen atoms in total. The van der Waals surface area contributed by atoms with E-state index in [1.54, 1.807) is 24.3 Å². The van der Waals surface area contributed by atoms with Gasteiger partial charge in [0.05, 0.1) is 6.26 Å². The van der Waals surface area contributed by atoms with Crippen LogP contribution in [0.3, 0.4) is 0 Å². The molecule has 0 heterocycles. The zero-order valence-corrected chi connectivity index (χ0v) is 14.0. The largest absolute Gasteiger partial charge is 0.491 e. The maximum atomic E-state index is 11.5. The summed E-state index contributed by atoms with van der Waals surface area (Å²) in [6.45, 7) is 3.13. The van der Waals surface area contributed by atoms with Crippen LogP contribution in [0.15, 0.2) is 37.1 Å². The maximum Gasteiger partial charge on any atom is 0.310 e. The number of hydrogen-bond acceptors (Lipinski definition) is 6. The van der Waals surface area contributed by atoms with Crippen molar-refractivity contribution >= 4 is 23.5 Å². The first-order valence-electron chi connectivity index (χ1n) is 7.53. The van der Waals surface area contributed by atoms with Crippen LogP contribution in [0.4, 0.5) is 0 Å². The van der Waals surface area contributed by atoms with Gasteiger partial charge in [-0.05, 0) is 37.1 Å². The summed E-state index contributed by atoms with van der Waals surface area (Å²) >= 11 is 5.75. The van der Waals surface area contributed by atoms with Crippen molar-refractivity contribution in [3.05, 3.63) is 42.1 Å². The molecule has 1 unspecified atom stereocenters. The van der Waals surface area contributed by atoms with Crippen molar-refractivity contribution in [2.24, 2.45) is 0 Å². The Morgan fingerprint density at radius 2 is 1.75 bits per heavy atom. The zero-order chi connectivity index (χ0) is 17.8. The van der Waals surface area contributed by atoms with Crippen molar-refractivity contribution in [2.45, 2.75) is 31.8 Å². The second-order valence-corrected chi connectivity index (χ2v) is 5.40. The molecule has 0 aromatic heterocycles. The lowest BCUT2D eigenvalue weighted by Crippen LogP contribution is -2.25. The lowest BCUT2D eigenvalue weighted by Gasteiger charge is -2.13. The minimum Gasteiger partial charge on any atom is -0.491 e.